The Morgan fingerprint density at radius 1 is 1.23 bits per heavy atom. The molecule has 0 saturated carbocycles. The van der Waals surface area contributed by atoms with Crippen LogP contribution in [0, 0.1) is 0 Å². The molecule has 30 heavy (non-hydrogen) atoms. The van der Waals surface area contributed by atoms with Crippen molar-refractivity contribution in [3.63, 3.8) is 0 Å². The van der Waals surface area contributed by atoms with Crippen molar-refractivity contribution in [3.8, 4) is 17.2 Å². The maximum atomic E-state index is 13.3. The second-order valence-corrected chi connectivity index (χ2v) is 6.70. The molecule has 1 saturated heterocycles. The third-order valence-electron chi connectivity index (χ3n) is 4.88. The van der Waals surface area contributed by atoms with Crippen LogP contribution in [0.5, 0.6) is 17.2 Å². The summed E-state index contributed by atoms with van der Waals surface area (Å²) >= 11 is 0. The summed E-state index contributed by atoms with van der Waals surface area (Å²) in [5.74, 6) is 0.638. The Balaban J connectivity index is 1.82. The number of benzene rings is 2. The highest BCUT2D eigenvalue weighted by molar-refractivity contribution is 6.03. The highest BCUT2D eigenvalue weighted by atomic mass is 16.5. The van der Waals surface area contributed by atoms with E-state index in [-0.39, 0.29) is 35.4 Å². The van der Waals surface area contributed by atoms with Gasteiger partial charge < -0.3 is 24.2 Å². The SMILES string of the molecule is C=Cc1c(O)cccc1OC[C@@H]1COCCN1C(=O)c1cccc(OCC)c1C=O. The van der Waals surface area contributed by atoms with Gasteiger partial charge >= 0.3 is 0 Å². The molecule has 1 heterocycles. The van der Waals surface area contributed by atoms with E-state index < -0.39 is 0 Å². The number of carbonyl (C=O) groups excluding carboxylic acids is 2. The first-order chi connectivity index (χ1) is 14.6. The van der Waals surface area contributed by atoms with E-state index in [0.717, 1.165) is 0 Å². The van der Waals surface area contributed by atoms with E-state index in [4.69, 9.17) is 14.2 Å². The second kappa shape index (κ2) is 9.93. The zero-order chi connectivity index (χ0) is 21.5. The molecule has 0 spiro atoms. The molecule has 1 aliphatic heterocycles. The smallest absolute Gasteiger partial charge is 0.255 e. The summed E-state index contributed by atoms with van der Waals surface area (Å²) in [6.07, 6.45) is 2.16. The minimum absolute atomic E-state index is 0.0682. The molecule has 1 aliphatic rings. The zero-order valence-corrected chi connectivity index (χ0v) is 16.9. The Kier molecular flexibility index (Phi) is 7.08. The Bertz CT molecular complexity index is 926. The van der Waals surface area contributed by atoms with Crippen LogP contribution in [0.3, 0.4) is 0 Å². The van der Waals surface area contributed by atoms with Gasteiger partial charge in [0, 0.05) is 6.54 Å². The number of aldehydes is 1. The van der Waals surface area contributed by atoms with E-state index in [0.29, 0.717) is 49.7 Å². The molecule has 0 radical (unpaired) electrons. The molecule has 1 fully saturated rings. The quantitative estimate of drug-likeness (QED) is 0.672. The van der Waals surface area contributed by atoms with Crippen LogP contribution in [0.2, 0.25) is 0 Å². The van der Waals surface area contributed by atoms with Crippen molar-refractivity contribution in [1.82, 2.24) is 4.90 Å². The summed E-state index contributed by atoms with van der Waals surface area (Å²) in [5, 5.41) is 9.96. The van der Waals surface area contributed by atoms with E-state index in [9.17, 15) is 14.7 Å². The van der Waals surface area contributed by atoms with E-state index in [1.54, 1.807) is 41.3 Å². The maximum absolute atomic E-state index is 13.3. The fourth-order valence-electron chi connectivity index (χ4n) is 3.40. The lowest BCUT2D eigenvalue weighted by Gasteiger charge is -2.35. The number of rotatable bonds is 8. The zero-order valence-electron chi connectivity index (χ0n) is 16.9. The lowest BCUT2D eigenvalue weighted by atomic mass is 10.0. The van der Waals surface area contributed by atoms with Crippen molar-refractivity contribution in [1.29, 1.82) is 0 Å². The van der Waals surface area contributed by atoms with E-state index >= 15 is 0 Å². The Morgan fingerprint density at radius 2 is 1.97 bits per heavy atom. The molecule has 2 aromatic carbocycles. The highest BCUT2D eigenvalue weighted by Gasteiger charge is 2.30. The Hall–Kier alpha value is -3.32. The van der Waals surface area contributed by atoms with Gasteiger partial charge in [-0.15, -0.1) is 0 Å². The monoisotopic (exact) mass is 411 g/mol. The first-order valence-electron chi connectivity index (χ1n) is 9.77. The normalized spacial score (nSPS) is 16.0. The van der Waals surface area contributed by atoms with E-state index in [2.05, 4.69) is 6.58 Å². The molecule has 3 rings (SSSR count). The molecule has 1 atom stereocenters. The molecule has 0 aromatic heterocycles. The van der Waals surface area contributed by atoms with Crippen LogP contribution < -0.4 is 9.47 Å². The summed E-state index contributed by atoms with van der Waals surface area (Å²) < 4.78 is 16.9. The standard InChI is InChI=1S/C23H25NO6/c1-3-17-20(26)8-6-10-21(17)30-15-16-14-28-12-11-24(16)23(27)18-7-5-9-22(29-4-2)19(18)13-25/h3,5-10,13,16,26H,1,4,11-12,14-15H2,2H3/t16-/m0/s1. The van der Waals surface area contributed by atoms with Gasteiger partial charge in [-0.1, -0.05) is 24.8 Å². The van der Waals surface area contributed by atoms with E-state index in [1.807, 2.05) is 6.92 Å². The molecule has 158 valence electrons. The predicted molar refractivity (Wildman–Crippen MR) is 112 cm³/mol. The van der Waals surface area contributed by atoms with Gasteiger partial charge in [-0.2, -0.15) is 0 Å². The number of phenols is 1. The van der Waals surface area contributed by atoms with Crippen LogP contribution in [0.1, 0.15) is 33.2 Å². The van der Waals surface area contributed by atoms with Gasteiger partial charge in [0.15, 0.2) is 6.29 Å². The van der Waals surface area contributed by atoms with Gasteiger partial charge in [0.25, 0.3) is 5.91 Å². The number of morpholine rings is 1. The van der Waals surface area contributed by atoms with Crippen molar-refractivity contribution >= 4 is 18.3 Å². The lowest BCUT2D eigenvalue weighted by Crippen LogP contribution is -2.51. The molecule has 0 aliphatic carbocycles. The summed E-state index contributed by atoms with van der Waals surface area (Å²) in [4.78, 5) is 26.6. The first-order valence-corrected chi connectivity index (χ1v) is 9.77. The van der Waals surface area contributed by atoms with Crippen LogP contribution in [0.4, 0.5) is 0 Å². The number of phenolic OH excluding ortho intramolecular Hbond substituents is 1. The van der Waals surface area contributed by atoms with Gasteiger partial charge in [0.2, 0.25) is 0 Å². The maximum Gasteiger partial charge on any atom is 0.255 e. The van der Waals surface area contributed by atoms with Crippen LogP contribution in [-0.2, 0) is 4.74 Å². The molecule has 7 heteroatoms. The molecule has 0 bridgehead atoms. The highest BCUT2D eigenvalue weighted by Crippen LogP contribution is 2.29. The Labute approximate surface area is 175 Å². The topological polar surface area (TPSA) is 85.3 Å². The van der Waals surface area contributed by atoms with Gasteiger partial charge in [-0.3, -0.25) is 9.59 Å². The number of ether oxygens (including phenoxy) is 3. The largest absolute Gasteiger partial charge is 0.507 e. The molecule has 0 unspecified atom stereocenters. The van der Waals surface area contributed by atoms with Crippen molar-refractivity contribution in [3.05, 3.63) is 59.7 Å². The van der Waals surface area contributed by atoms with Crippen molar-refractivity contribution in [2.24, 2.45) is 0 Å². The number of amides is 1. The summed E-state index contributed by atoms with van der Waals surface area (Å²) in [6.45, 7) is 7.14. The Morgan fingerprint density at radius 3 is 2.67 bits per heavy atom. The molecular formula is C23H25NO6. The van der Waals surface area contributed by atoms with Crippen molar-refractivity contribution in [2.75, 3.05) is 33.0 Å². The average Bonchev–Trinajstić information content (AvgIpc) is 2.77. The molecule has 1 N–H and O–H groups in total. The lowest BCUT2D eigenvalue weighted by molar-refractivity contribution is -0.0151. The van der Waals surface area contributed by atoms with Gasteiger partial charge in [-0.05, 0) is 31.2 Å². The number of hydrogen-bond acceptors (Lipinski definition) is 6. The fraction of sp³-hybridized carbons (Fsp3) is 0.304. The summed E-state index contributed by atoms with van der Waals surface area (Å²) in [5.41, 5.74) is 1.00. The van der Waals surface area contributed by atoms with Crippen LogP contribution in [0.15, 0.2) is 43.0 Å². The van der Waals surface area contributed by atoms with Crippen molar-refractivity contribution < 1.29 is 28.9 Å². The second-order valence-electron chi connectivity index (χ2n) is 6.70. The number of aromatic hydroxyl groups is 1. The third-order valence-corrected chi connectivity index (χ3v) is 4.88. The predicted octanol–water partition coefficient (Wildman–Crippen LogP) is 3.17. The number of nitrogens with zero attached hydrogens (tertiary/aromatic N) is 1. The molecule has 2 aromatic rings. The third kappa shape index (κ3) is 4.46. The van der Waals surface area contributed by atoms with Crippen LogP contribution >= 0.6 is 0 Å². The number of carbonyl (C=O) groups is 2. The first kappa shape index (κ1) is 21.4. The van der Waals surface area contributed by atoms with Crippen LogP contribution in [0.25, 0.3) is 6.08 Å². The summed E-state index contributed by atoms with van der Waals surface area (Å²) in [6, 6.07) is 9.57. The molecule has 7 nitrogen and oxygen atoms in total. The average molecular weight is 411 g/mol. The van der Waals surface area contributed by atoms with Gasteiger partial charge in [-0.25, -0.2) is 0 Å². The molecular weight excluding hydrogens is 386 g/mol. The van der Waals surface area contributed by atoms with Gasteiger partial charge in [0.05, 0.1) is 42.6 Å². The minimum atomic E-state index is -0.360. The minimum Gasteiger partial charge on any atom is -0.507 e. The number of hydrogen-bond donors (Lipinski definition) is 1. The summed E-state index contributed by atoms with van der Waals surface area (Å²) in [7, 11) is 0. The van der Waals surface area contributed by atoms with E-state index in [1.165, 1.54) is 6.08 Å². The van der Waals surface area contributed by atoms with Crippen molar-refractivity contribution in [2.45, 2.75) is 13.0 Å². The van der Waals surface area contributed by atoms with Gasteiger partial charge in [0.1, 0.15) is 23.9 Å². The fourth-order valence-corrected chi connectivity index (χ4v) is 3.40. The molecule has 1 amide bonds. The van der Waals surface area contributed by atoms with Crippen LogP contribution in [-0.4, -0.2) is 61.2 Å².